The molecule has 0 aromatic heterocycles. The summed E-state index contributed by atoms with van der Waals surface area (Å²) in [5.41, 5.74) is -0.717. The van der Waals surface area contributed by atoms with Crippen LogP contribution >= 0.6 is 0 Å². The summed E-state index contributed by atoms with van der Waals surface area (Å²) in [6, 6.07) is 6.12. The molecule has 162 valence electrons. The first-order valence-corrected chi connectivity index (χ1v) is 11.4. The van der Waals surface area contributed by atoms with Gasteiger partial charge in [-0.25, -0.2) is 0 Å². The molecule has 0 bridgehead atoms. The summed E-state index contributed by atoms with van der Waals surface area (Å²) < 4.78 is 44.0. The molecule has 2 aliphatic rings. The topological polar surface area (TPSA) is 9.23 Å². The average molecular weight is 409 g/mol. The van der Waals surface area contributed by atoms with Crippen LogP contribution in [0, 0.1) is 23.7 Å². The van der Waals surface area contributed by atoms with E-state index in [0.29, 0.717) is 18.3 Å². The van der Waals surface area contributed by atoms with Gasteiger partial charge in [-0.05, 0) is 79.9 Å². The lowest BCUT2D eigenvalue weighted by atomic mass is 9.69. The molecule has 0 aliphatic heterocycles. The smallest absolute Gasteiger partial charge is 0.416 e. The minimum atomic E-state index is -4.39. The van der Waals surface area contributed by atoms with Gasteiger partial charge in [0.2, 0.25) is 0 Å². The largest absolute Gasteiger partial charge is 0.493 e. The van der Waals surface area contributed by atoms with Gasteiger partial charge in [-0.3, -0.25) is 0 Å². The van der Waals surface area contributed by atoms with Gasteiger partial charge in [0.05, 0.1) is 12.2 Å². The van der Waals surface area contributed by atoms with Gasteiger partial charge in [-0.1, -0.05) is 51.3 Å². The number of benzene rings is 1. The number of ether oxygens (including phenoxy) is 1. The van der Waals surface area contributed by atoms with E-state index in [9.17, 15) is 13.2 Å². The zero-order valence-electron chi connectivity index (χ0n) is 17.6. The highest BCUT2D eigenvalue weighted by Gasteiger charge is 2.33. The first-order valence-electron chi connectivity index (χ1n) is 11.4. The fourth-order valence-electron chi connectivity index (χ4n) is 5.31. The lowest BCUT2D eigenvalue weighted by Gasteiger charge is -2.37. The van der Waals surface area contributed by atoms with Crippen molar-refractivity contribution in [3.8, 4) is 5.75 Å². The molecule has 0 saturated heterocycles. The first-order chi connectivity index (χ1) is 13.9. The molecule has 0 spiro atoms. The van der Waals surface area contributed by atoms with E-state index in [1.54, 1.807) is 12.1 Å². The van der Waals surface area contributed by atoms with Crippen LogP contribution in [0.15, 0.2) is 30.8 Å². The third-order valence-corrected chi connectivity index (χ3v) is 7.18. The number of hydrogen-bond acceptors (Lipinski definition) is 1. The normalized spacial score (nSPS) is 28.1. The first kappa shape index (κ1) is 22.2. The minimum Gasteiger partial charge on any atom is -0.493 e. The second-order valence-corrected chi connectivity index (χ2v) is 9.16. The Morgan fingerprint density at radius 3 is 1.90 bits per heavy atom. The summed E-state index contributed by atoms with van der Waals surface area (Å²) in [5.74, 6) is 3.99. The summed E-state index contributed by atoms with van der Waals surface area (Å²) >= 11 is 0. The van der Waals surface area contributed by atoms with Gasteiger partial charge in [0.15, 0.2) is 0 Å². The fourth-order valence-corrected chi connectivity index (χ4v) is 5.31. The Balaban J connectivity index is 1.39. The quantitative estimate of drug-likeness (QED) is 0.443. The van der Waals surface area contributed by atoms with Crippen LogP contribution < -0.4 is 4.74 Å². The molecular weight excluding hydrogens is 373 g/mol. The maximum Gasteiger partial charge on any atom is 0.416 e. The highest BCUT2D eigenvalue weighted by atomic mass is 19.4. The van der Waals surface area contributed by atoms with Crippen LogP contribution in [0.3, 0.4) is 0 Å². The molecule has 4 heteroatoms. The van der Waals surface area contributed by atoms with Gasteiger partial charge in [0.25, 0.3) is 0 Å². The van der Waals surface area contributed by atoms with E-state index in [4.69, 9.17) is 4.74 Å². The maximum atomic E-state index is 12.7. The van der Waals surface area contributed by atoms with Crippen LogP contribution in [0.1, 0.15) is 76.7 Å². The van der Waals surface area contributed by atoms with Crippen LogP contribution in [-0.4, -0.2) is 12.8 Å². The van der Waals surface area contributed by atoms with Gasteiger partial charge in [0.1, 0.15) is 5.75 Å². The second-order valence-electron chi connectivity index (χ2n) is 9.16. The van der Waals surface area contributed by atoms with Crippen LogP contribution in [0.2, 0.25) is 0 Å². The Hall–Kier alpha value is -1.45. The zero-order valence-corrected chi connectivity index (χ0v) is 17.6. The van der Waals surface area contributed by atoms with Crippen LogP contribution in [0.4, 0.5) is 13.2 Å². The standard InChI is InChI=1S/C25H35F3O/c1-3-4-19-5-9-22(10-6-19)23-11-7-20(8-12-23)17-29-24-15-13-21(14-16-24)18(2)25(26,27)28/h13-16,19-20,22-23H,2-12,17H2,1H3. The predicted molar refractivity (Wildman–Crippen MR) is 113 cm³/mol. The Bertz CT molecular complexity index is 633. The van der Waals surface area contributed by atoms with E-state index >= 15 is 0 Å². The van der Waals surface area contributed by atoms with Crippen LogP contribution in [0.5, 0.6) is 5.75 Å². The van der Waals surface area contributed by atoms with Crippen molar-refractivity contribution in [2.45, 2.75) is 77.3 Å². The van der Waals surface area contributed by atoms with Crippen molar-refractivity contribution in [1.82, 2.24) is 0 Å². The van der Waals surface area contributed by atoms with Crippen molar-refractivity contribution < 1.29 is 17.9 Å². The average Bonchev–Trinajstić information content (AvgIpc) is 2.73. The Labute approximate surface area is 173 Å². The molecule has 29 heavy (non-hydrogen) atoms. The van der Waals surface area contributed by atoms with Crippen molar-refractivity contribution in [2.75, 3.05) is 6.61 Å². The molecule has 1 aromatic rings. The van der Waals surface area contributed by atoms with Gasteiger partial charge in [0, 0.05) is 0 Å². The summed E-state index contributed by atoms with van der Waals surface area (Å²) in [4.78, 5) is 0. The molecule has 0 unspecified atom stereocenters. The second kappa shape index (κ2) is 10.0. The van der Waals surface area contributed by atoms with Crippen molar-refractivity contribution in [2.24, 2.45) is 23.7 Å². The molecular formula is C25H35F3O. The van der Waals surface area contributed by atoms with E-state index in [1.165, 1.54) is 76.3 Å². The van der Waals surface area contributed by atoms with E-state index < -0.39 is 11.7 Å². The lowest BCUT2D eigenvalue weighted by Crippen LogP contribution is -2.27. The molecule has 0 N–H and O–H groups in total. The molecule has 0 heterocycles. The van der Waals surface area contributed by atoms with Gasteiger partial charge >= 0.3 is 6.18 Å². The van der Waals surface area contributed by atoms with E-state index in [-0.39, 0.29) is 5.56 Å². The molecule has 2 fully saturated rings. The number of hydrogen-bond donors (Lipinski definition) is 0. The Morgan fingerprint density at radius 1 is 0.897 bits per heavy atom. The number of allylic oxidation sites excluding steroid dienone is 1. The number of rotatable bonds is 7. The SMILES string of the molecule is C=C(c1ccc(OCC2CCC(C3CCC(CCC)CC3)CC2)cc1)C(F)(F)F. The third-order valence-electron chi connectivity index (χ3n) is 7.18. The molecule has 0 amide bonds. The molecule has 0 radical (unpaired) electrons. The summed E-state index contributed by atoms with van der Waals surface area (Å²) in [7, 11) is 0. The maximum absolute atomic E-state index is 12.7. The highest BCUT2D eigenvalue weighted by molar-refractivity contribution is 5.67. The molecule has 2 aliphatic carbocycles. The molecule has 3 rings (SSSR count). The lowest BCUT2D eigenvalue weighted by molar-refractivity contribution is -0.0686. The molecule has 2 saturated carbocycles. The van der Waals surface area contributed by atoms with Crippen molar-refractivity contribution in [3.05, 3.63) is 36.4 Å². The molecule has 0 atom stereocenters. The number of halogens is 3. The number of alkyl halides is 3. The van der Waals surface area contributed by atoms with E-state index in [0.717, 1.165) is 17.8 Å². The minimum absolute atomic E-state index is 0.0963. The Morgan fingerprint density at radius 2 is 1.41 bits per heavy atom. The summed E-state index contributed by atoms with van der Waals surface area (Å²) in [6.45, 7) is 6.10. The highest BCUT2D eigenvalue weighted by Crippen LogP contribution is 2.42. The van der Waals surface area contributed by atoms with Gasteiger partial charge in [-0.2, -0.15) is 13.2 Å². The summed E-state index contributed by atoms with van der Waals surface area (Å²) in [6.07, 6.45) is 9.07. The summed E-state index contributed by atoms with van der Waals surface area (Å²) in [5, 5.41) is 0. The predicted octanol–water partition coefficient (Wildman–Crippen LogP) is 8.05. The monoisotopic (exact) mass is 408 g/mol. The van der Waals surface area contributed by atoms with Crippen molar-refractivity contribution in [1.29, 1.82) is 0 Å². The molecule has 1 nitrogen and oxygen atoms in total. The van der Waals surface area contributed by atoms with Crippen LogP contribution in [0.25, 0.3) is 5.57 Å². The van der Waals surface area contributed by atoms with Crippen LogP contribution in [-0.2, 0) is 0 Å². The van der Waals surface area contributed by atoms with Crippen molar-refractivity contribution in [3.63, 3.8) is 0 Å². The zero-order chi connectivity index (χ0) is 20.9. The fraction of sp³-hybridized carbons (Fsp3) is 0.680. The van der Waals surface area contributed by atoms with E-state index in [2.05, 4.69) is 13.5 Å². The Kier molecular flexibility index (Phi) is 7.70. The van der Waals surface area contributed by atoms with Crippen molar-refractivity contribution >= 4 is 5.57 Å². The van der Waals surface area contributed by atoms with E-state index in [1.807, 2.05) is 0 Å². The third kappa shape index (κ3) is 6.26. The molecule has 1 aromatic carbocycles. The van der Waals surface area contributed by atoms with Gasteiger partial charge in [-0.15, -0.1) is 0 Å². The van der Waals surface area contributed by atoms with Gasteiger partial charge < -0.3 is 4.74 Å².